The van der Waals surface area contributed by atoms with Gasteiger partial charge < -0.3 is 14.9 Å². The fourth-order valence-electron chi connectivity index (χ4n) is 2.38. The van der Waals surface area contributed by atoms with Crippen molar-refractivity contribution in [3.63, 3.8) is 0 Å². The van der Waals surface area contributed by atoms with E-state index in [9.17, 15) is 5.11 Å². The molecule has 2 aliphatic rings. The van der Waals surface area contributed by atoms with Gasteiger partial charge in [-0.3, -0.25) is 0 Å². The highest BCUT2D eigenvalue weighted by atomic mass is 16.3. The summed E-state index contributed by atoms with van der Waals surface area (Å²) in [5, 5.41) is 9.32. The maximum atomic E-state index is 9.32. The van der Waals surface area contributed by atoms with Crippen molar-refractivity contribution in [2.24, 2.45) is 0 Å². The van der Waals surface area contributed by atoms with Crippen LogP contribution in [0.3, 0.4) is 0 Å². The Labute approximate surface area is 98.0 Å². The molecular weight excluding hydrogens is 200 g/mol. The van der Waals surface area contributed by atoms with Gasteiger partial charge in [0.2, 0.25) is 0 Å². The molecule has 0 aromatic rings. The molecule has 0 saturated carbocycles. The third kappa shape index (κ3) is 2.47. The Balaban J connectivity index is 1.98. The number of aliphatic hydroxyl groups excluding tert-OH is 1. The van der Waals surface area contributed by atoms with E-state index in [2.05, 4.69) is 35.3 Å². The van der Waals surface area contributed by atoms with E-state index in [1.165, 1.54) is 5.70 Å². The highest BCUT2D eigenvalue weighted by Gasteiger charge is 2.20. The van der Waals surface area contributed by atoms with Gasteiger partial charge in [0.05, 0.1) is 6.61 Å². The van der Waals surface area contributed by atoms with E-state index in [1.807, 2.05) is 0 Å². The van der Waals surface area contributed by atoms with Gasteiger partial charge in [-0.25, -0.2) is 0 Å². The van der Waals surface area contributed by atoms with Crippen LogP contribution in [0.4, 0.5) is 0 Å². The molecule has 1 aliphatic heterocycles. The van der Waals surface area contributed by atoms with E-state index in [0.717, 1.165) is 44.7 Å². The van der Waals surface area contributed by atoms with E-state index in [-0.39, 0.29) is 6.61 Å². The molecule has 0 aromatic carbocycles. The summed E-state index contributed by atoms with van der Waals surface area (Å²) >= 11 is 0. The summed E-state index contributed by atoms with van der Waals surface area (Å²) in [6.45, 7) is 7.93. The lowest BCUT2D eigenvalue weighted by Gasteiger charge is -2.38. The predicted octanol–water partition coefficient (Wildman–Crippen LogP) is 1.03. The Kier molecular flexibility index (Phi) is 4.02. The average molecular weight is 221 g/mol. The lowest BCUT2D eigenvalue weighted by molar-refractivity contribution is 0.164. The van der Waals surface area contributed by atoms with Gasteiger partial charge in [0.1, 0.15) is 0 Å². The molecule has 3 heteroatoms. The van der Waals surface area contributed by atoms with Gasteiger partial charge in [-0.15, -0.1) is 0 Å². The number of allylic oxidation sites excluding steroid dienone is 2. The zero-order valence-electron chi connectivity index (χ0n) is 10.0. The monoisotopic (exact) mass is 221 g/mol. The standard InChI is InChI=1S/C13H21N2O/c1-2-14-7-9-15(10-8-14)13-6-4-3-5-12(13)11-16/h3,5-6,16H,2,4,7-11H2,1H3. The molecule has 1 radical (unpaired) electrons. The molecule has 3 nitrogen and oxygen atoms in total. The molecule has 0 unspecified atom stereocenters. The first kappa shape index (κ1) is 11.7. The molecule has 1 heterocycles. The zero-order chi connectivity index (χ0) is 11.4. The van der Waals surface area contributed by atoms with E-state index in [0.29, 0.717) is 0 Å². The van der Waals surface area contributed by atoms with Crippen molar-refractivity contribution in [3.05, 3.63) is 29.8 Å². The van der Waals surface area contributed by atoms with Gasteiger partial charge in [0, 0.05) is 31.9 Å². The number of hydrogen-bond acceptors (Lipinski definition) is 3. The van der Waals surface area contributed by atoms with Crippen LogP contribution in [0.1, 0.15) is 13.3 Å². The van der Waals surface area contributed by atoms with Crippen LogP contribution in [0.25, 0.3) is 0 Å². The molecule has 1 saturated heterocycles. The number of piperazine rings is 1. The minimum absolute atomic E-state index is 0.149. The number of aliphatic hydroxyl groups is 1. The first-order valence-corrected chi connectivity index (χ1v) is 6.16. The second kappa shape index (κ2) is 5.51. The topological polar surface area (TPSA) is 26.7 Å². The van der Waals surface area contributed by atoms with Crippen molar-refractivity contribution in [1.29, 1.82) is 0 Å². The molecule has 0 atom stereocenters. The Morgan fingerprint density at radius 3 is 2.62 bits per heavy atom. The molecule has 2 rings (SSSR count). The fraction of sp³-hybridized carbons (Fsp3) is 0.615. The molecule has 16 heavy (non-hydrogen) atoms. The normalized spacial score (nSPS) is 23.0. The van der Waals surface area contributed by atoms with Gasteiger partial charge in [0.25, 0.3) is 0 Å². The Morgan fingerprint density at radius 1 is 1.25 bits per heavy atom. The van der Waals surface area contributed by atoms with Crippen molar-refractivity contribution < 1.29 is 5.11 Å². The number of rotatable bonds is 3. The Hall–Kier alpha value is -0.800. The van der Waals surface area contributed by atoms with Gasteiger partial charge in [-0.2, -0.15) is 0 Å². The van der Waals surface area contributed by atoms with Crippen molar-refractivity contribution in [2.45, 2.75) is 13.3 Å². The van der Waals surface area contributed by atoms with E-state index in [4.69, 9.17) is 0 Å². The number of hydrogen-bond donors (Lipinski definition) is 1. The first-order valence-electron chi connectivity index (χ1n) is 6.16. The van der Waals surface area contributed by atoms with Crippen LogP contribution >= 0.6 is 0 Å². The minimum atomic E-state index is 0.149. The van der Waals surface area contributed by atoms with Crippen molar-refractivity contribution in [1.82, 2.24) is 9.80 Å². The molecular formula is C13H21N2O. The number of nitrogens with zero attached hydrogens (tertiary/aromatic N) is 2. The van der Waals surface area contributed by atoms with E-state index < -0.39 is 0 Å². The Bertz CT molecular complexity index is 288. The maximum Gasteiger partial charge on any atom is 0.0698 e. The summed E-state index contributed by atoms with van der Waals surface area (Å²) < 4.78 is 0. The second-order valence-electron chi connectivity index (χ2n) is 4.33. The summed E-state index contributed by atoms with van der Waals surface area (Å²) in [6.07, 6.45) is 7.39. The number of likely N-dealkylation sites (N-methyl/N-ethyl adjacent to an activating group) is 1. The lowest BCUT2D eigenvalue weighted by atomic mass is 10.0. The summed E-state index contributed by atoms with van der Waals surface area (Å²) in [5.41, 5.74) is 2.32. The van der Waals surface area contributed by atoms with Crippen LogP contribution in [0.5, 0.6) is 0 Å². The quantitative estimate of drug-likeness (QED) is 0.771. The lowest BCUT2D eigenvalue weighted by Crippen LogP contribution is -2.46. The second-order valence-corrected chi connectivity index (χ2v) is 4.33. The first-order chi connectivity index (χ1) is 7.85. The van der Waals surface area contributed by atoms with Crippen LogP contribution < -0.4 is 0 Å². The van der Waals surface area contributed by atoms with Gasteiger partial charge in [-0.05, 0) is 25.0 Å². The highest BCUT2D eigenvalue weighted by molar-refractivity contribution is 5.36. The summed E-state index contributed by atoms with van der Waals surface area (Å²) in [5.74, 6) is 0. The molecule has 89 valence electrons. The average Bonchev–Trinajstić information content (AvgIpc) is 2.39. The molecule has 1 fully saturated rings. The molecule has 0 bridgehead atoms. The largest absolute Gasteiger partial charge is 0.392 e. The third-order valence-electron chi connectivity index (χ3n) is 3.43. The van der Waals surface area contributed by atoms with Crippen LogP contribution in [-0.2, 0) is 0 Å². The van der Waals surface area contributed by atoms with E-state index >= 15 is 0 Å². The predicted molar refractivity (Wildman–Crippen MR) is 65.9 cm³/mol. The highest BCUT2D eigenvalue weighted by Crippen LogP contribution is 2.22. The molecule has 0 amide bonds. The van der Waals surface area contributed by atoms with Gasteiger partial charge in [0.15, 0.2) is 0 Å². The van der Waals surface area contributed by atoms with Gasteiger partial charge in [-0.1, -0.05) is 19.1 Å². The Morgan fingerprint density at radius 2 is 2.00 bits per heavy atom. The minimum Gasteiger partial charge on any atom is -0.392 e. The fourth-order valence-corrected chi connectivity index (χ4v) is 2.38. The molecule has 1 aliphatic carbocycles. The SMILES string of the molecule is CCN1CCN(C2=CC[CH]C=C2CO)CC1. The summed E-state index contributed by atoms with van der Waals surface area (Å²) in [7, 11) is 0. The summed E-state index contributed by atoms with van der Waals surface area (Å²) in [6, 6.07) is 0. The van der Waals surface area contributed by atoms with Crippen molar-refractivity contribution in [2.75, 3.05) is 39.3 Å². The smallest absolute Gasteiger partial charge is 0.0698 e. The van der Waals surface area contributed by atoms with Crippen molar-refractivity contribution in [3.8, 4) is 0 Å². The molecule has 0 spiro atoms. The van der Waals surface area contributed by atoms with Crippen molar-refractivity contribution >= 4 is 0 Å². The summed E-state index contributed by atoms with van der Waals surface area (Å²) in [4.78, 5) is 4.87. The van der Waals surface area contributed by atoms with Crippen LogP contribution in [-0.4, -0.2) is 54.2 Å². The van der Waals surface area contributed by atoms with Crippen LogP contribution in [0, 0.1) is 6.42 Å². The maximum absolute atomic E-state index is 9.32. The van der Waals surface area contributed by atoms with Gasteiger partial charge >= 0.3 is 0 Å². The zero-order valence-corrected chi connectivity index (χ0v) is 10.0. The van der Waals surface area contributed by atoms with Crippen LogP contribution in [0.2, 0.25) is 0 Å². The molecule has 0 aromatic heterocycles. The molecule has 1 N–H and O–H groups in total. The third-order valence-corrected chi connectivity index (χ3v) is 3.43. The van der Waals surface area contributed by atoms with Crippen LogP contribution in [0.15, 0.2) is 23.4 Å². The van der Waals surface area contributed by atoms with E-state index in [1.54, 1.807) is 0 Å².